The maximum Gasteiger partial charge on any atom is 0.123 e. The Bertz CT molecular complexity index is 5410. The standard InChI is InChI=1S/2C26H27FN2O.2C25H24F2N2O/c2*1-26-16-19-17-28-29(23-11-9-22(27)10-12-23)25(19)15-21(26)8-7-20(26)14-24(30)13-18-5-3-2-4-6-18;2*1-25-14-17-15-28-29(22-10-8-21(27)9-11-22)23(17)12-18(25)4-5-19(25)13-24(30)16-2-6-20(26)7-3-16/h2*2-6,9-12,15,17,20,24,30H,7-8,13-14,16H2,1H3;2*2-3,6-12,15,19,24,30H,4-5,13-14H2,1H3/t20-,24+,26-;20-,24-,26-;19-,24+,25+;19-,24-,25+/m1111/s1. The molecule has 12 aromatic rings. The monoisotopic (exact) mass is 1620 g/mol. The van der Waals surface area contributed by atoms with Gasteiger partial charge in [-0.25, -0.2) is 45.1 Å². The molecule has 18 heteroatoms. The zero-order valence-electron chi connectivity index (χ0n) is 68.2. The molecule has 4 aromatic heterocycles. The van der Waals surface area contributed by atoms with Crippen molar-refractivity contribution >= 4 is 24.3 Å². The summed E-state index contributed by atoms with van der Waals surface area (Å²) in [5.41, 5.74) is 22.3. The van der Waals surface area contributed by atoms with Gasteiger partial charge in [-0.2, -0.15) is 20.4 Å². The number of benzene rings is 8. The molecule has 12 nitrogen and oxygen atoms in total. The van der Waals surface area contributed by atoms with Crippen LogP contribution < -0.4 is 0 Å². The van der Waals surface area contributed by atoms with E-state index in [1.54, 1.807) is 72.8 Å². The number of fused-ring (bicyclic) bond motifs is 8. The van der Waals surface area contributed by atoms with E-state index in [2.05, 4.69) is 96.7 Å². The molecule has 8 aliphatic carbocycles. The van der Waals surface area contributed by atoms with Crippen molar-refractivity contribution in [1.82, 2.24) is 39.1 Å². The maximum absolute atomic E-state index is 13.3. The SMILES string of the molecule is C[C@]12Cc3cnn(-c4ccc(F)cc4)c3C=C1CC[C@@H]2C[C@@H](O)Cc1ccccc1.C[C@]12Cc3cnn(-c4ccc(F)cc4)c3C=C1CC[C@@H]2C[C@@H](O)c1ccc(F)cc1.C[C@]12Cc3cnn(-c4ccc(F)cc4)c3C=C1CC[C@@H]2C[C@H](O)Cc1ccccc1.C[C@]12Cc3cnn(-c4ccc(F)cc4)c3C=C1CC[C@@H]2C[C@H](O)c1ccc(F)cc1. The van der Waals surface area contributed by atoms with Crippen LogP contribution in [0.25, 0.3) is 47.1 Å². The quantitative estimate of drug-likeness (QED) is 0.0620. The second-order valence-electron chi connectivity index (χ2n) is 35.5. The van der Waals surface area contributed by atoms with Gasteiger partial charge in [0, 0.05) is 0 Å². The molecule has 0 spiro atoms. The molecule has 4 saturated carbocycles. The van der Waals surface area contributed by atoms with Crippen LogP contribution in [0.3, 0.4) is 0 Å². The Labute approximate surface area is 697 Å². The Hall–Kier alpha value is -11.0. The van der Waals surface area contributed by atoms with Crippen LogP contribution in [0.1, 0.15) is 184 Å². The number of aromatic nitrogens is 8. The van der Waals surface area contributed by atoms with Gasteiger partial charge in [-0.3, -0.25) is 0 Å². The first-order valence-corrected chi connectivity index (χ1v) is 42.4. The minimum absolute atomic E-state index is 0.0231. The fraction of sp³-hybridized carbons (Fsp3) is 0.333. The average molecular weight is 1620 g/mol. The molecular weight excluding hydrogens is 1520 g/mol. The van der Waals surface area contributed by atoms with Crippen molar-refractivity contribution in [3.63, 3.8) is 0 Å². The van der Waals surface area contributed by atoms with E-state index in [-0.39, 0.29) is 68.8 Å². The maximum atomic E-state index is 13.3. The molecule has 4 fully saturated rings. The molecule has 0 saturated heterocycles. The predicted molar refractivity (Wildman–Crippen MR) is 458 cm³/mol. The summed E-state index contributed by atoms with van der Waals surface area (Å²) in [7, 11) is 0. The molecule has 0 bridgehead atoms. The van der Waals surface area contributed by atoms with Crippen LogP contribution >= 0.6 is 0 Å². The lowest BCUT2D eigenvalue weighted by atomic mass is 9.68. The van der Waals surface area contributed by atoms with Crippen LogP contribution in [0, 0.1) is 80.2 Å². The highest BCUT2D eigenvalue weighted by atomic mass is 19.1. The molecule has 0 unspecified atom stereocenters. The molecule has 0 radical (unpaired) electrons. The first kappa shape index (κ1) is 81.3. The Morgan fingerprint density at radius 1 is 0.308 bits per heavy atom. The summed E-state index contributed by atoms with van der Waals surface area (Å²) in [6, 6.07) is 58.5. The van der Waals surface area contributed by atoms with E-state index < -0.39 is 12.2 Å². The van der Waals surface area contributed by atoms with Crippen molar-refractivity contribution in [2.75, 3.05) is 0 Å². The van der Waals surface area contributed by atoms with Crippen molar-refractivity contribution < 1.29 is 46.8 Å². The number of hydrogen-bond donors (Lipinski definition) is 4. The first-order valence-electron chi connectivity index (χ1n) is 42.4. The third-order valence-electron chi connectivity index (χ3n) is 28.2. The van der Waals surface area contributed by atoms with E-state index in [9.17, 15) is 46.8 Å². The van der Waals surface area contributed by atoms with Gasteiger partial charge < -0.3 is 20.4 Å². The van der Waals surface area contributed by atoms with Crippen LogP contribution in [0.2, 0.25) is 0 Å². The molecule has 616 valence electrons. The minimum Gasteiger partial charge on any atom is -0.393 e. The Balaban J connectivity index is 0.000000114. The van der Waals surface area contributed by atoms with Gasteiger partial charge >= 0.3 is 0 Å². The summed E-state index contributed by atoms with van der Waals surface area (Å²) < 4.78 is 87.2. The zero-order chi connectivity index (χ0) is 83.2. The number of rotatable bonds is 18. The molecule has 0 amide bonds. The van der Waals surface area contributed by atoms with E-state index >= 15 is 0 Å². The molecule has 8 aliphatic rings. The van der Waals surface area contributed by atoms with E-state index in [0.29, 0.717) is 49.4 Å². The Morgan fingerprint density at radius 3 is 0.775 bits per heavy atom. The molecule has 20 rings (SSSR count). The fourth-order valence-corrected chi connectivity index (χ4v) is 21.2. The van der Waals surface area contributed by atoms with Crippen LogP contribution in [0.4, 0.5) is 26.3 Å². The minimum atomic E-state index is -0.602. The predicted octanol–water partition coefficient (Wildman–Crippen LogP) is 22.0. The van der Waals surface area contributed by atoms with Gasteiger partial charge in [0.1, 0.15) is 34.9 Å². The fourth-order valence-electron chi connectivity index (χ4n) is 21.2. The van der Waals surface area contributed by atoms with E-state index in [1.807, 2.05) is 79.9 Å². The first-order chi connectivity index (χ1) is 57.9. The summed E-state index contributed by atoms with van der Waals surface area (Å²) in [6.07, 6.45) is 31.3. The summed E-state index contributed by atoms with van der Waals surface area (Å²) in [4.78, 5) is 0. The van der Waals surface area contributed by atoms with Crippen LogP contribution in [-0.4, -0.2) is 71.8 Å². The lowest BCUT2D eigenvalue weighted by Crippen LogP contribution is -2.31. The molecule has 4 heterocycles. The van der Waals surface area contributed by atoms with Crippen LogP contribution in [-0.2, 0) is 38.5 Å². The van der Waals surface area contributed by atoms with E-state index in [4.69, 9.17) is 0 Å². The lowest BCUT2D eigenvalue weighted by Gasteiger charge is -2.37. The summed E-state index contributed by atoms with van der Waals surface area (Å²) in [5, 5.41) is 61.4. The summed E-state index contributed by atoms with van der Waals surface area (Å²) >= 11 is 0. The highest BCUT2D eigenvalue weighted by Crippen LogP contribution is 2.59. The topological polar surface area (TPSA) is 152 Å². The smallest absolute Gasteiger partial charge is 0.123 e. The normalized spacial score (nSPS) is 23.6. The second kappa shape index (κ2) is 33.9. The third-order valence-corrected chi connectivity index (χ3v) is 28.2. The van der Waals surface area contributed by atoms with Gasteiger partial charge in [0.2, 0.25) is 0 Å². The number of aliphatic hydroxyl groups excluding tert-OH is 4. The average Bonchev–Trinajstić information content (AvgIpc) is 1.60. The van der Waals surface area contributed by atoms with Gasteiger partial charge in [-0.15, -0.1) is 0 Å². The largest absolute Gasteiger partial charge is 0.393 e. The van der Waals surface area contributed by atoms with Gasteiger partial charge in [0.25, 0.3) is 0 Å². The second-order valence-corrected chi connectivity index (χ2v) is 35.5. The lowest BCUT2D eigenvalue weighted by molar-refractivity contribution is 0.112. The van der Waals surface area contributed by atoms with Crippen molar-refractivity contribution in [1.29, 1.82) is 0 Å². The highest BCUT2D eigenvalue weighted by molar-refractivity contribution is 5.66. The number of hydrogen-bond acceptors (Lipinski definition) is 8. The molecule has 120 heavy (non-hydrogen) atoms. The highest BCUT2D eigenvalue weighted by Gasteiger charge is 2.50. The van der Waals surface area contributed by atoms with Gasteiger partial charge in [-0.05, 0) is 351 Å². The van der Waals surface area contributed by atoms with Crippen molar-refractivity contribution in [3.8, 4) is 22.7 Å². The zero-order valence-corrected chi connectivity index (χ0v) is 68.2. The number of aliphatic hydroxyl groups is 4. The molecular formula is C102H102F6N8O4. The third kappa shape index (κ3) is 16.6. The molecule has 12 atom stereocenters. The number of allylic oxidation sites excluding steroid dienone is 4. The molecule has 8 aromatic carbocycles. The van der Waals surface area contributed by atoms with Crippen molar-refractivity contribution in [3.05, 3.63) is 356 Å². The van der Waals surface area contributed by atoms with Crippen LogP contribution in [0.5, 0.6) is 0 Å². The molecule has 4 N–H and O–H groups in total. The van der Waals surface area contributed by atoms with E-state index in [0.717, 1.165) is 147 Å². The number of halogens is 6. The summed E-state index contributed by atoms with van der Waals surface area (Å²) in [5.74, 6) is 0.0284. The Kier molecular flexibility index (Phi) is 23.0. The Morgan fingerprint density at radius 2 is 0.533 bits per heavy atom. The van der Waals surface area contributed by atoms with Gasteiger partial charge in [-0.1, -0.05) is 135 Å². The van der Waals surface area contributed by atoms with Crippen molar-refractivity contribution in [2.24, 2.45) is 45.3 Å². The van der Waals surface area contributed by atoms with Crippen LogP contribution in [0.15, 0.2) is 253 Å². The van der Waals surface area contributed by atoms with Gasteiger partial charge in [0.05, 0.1) is 94.7 Å². The summed E-state index contributed by atoms with van der Waals surface area (Å²) in [6.45, 7) is 9.27. The van der Waals surface area contributed by atoms with E-state index in [1.165, 1.54) is 128 Å². The van der Waals surface area contributed by atoms with Gasteiger partial charge in [0.15, 0.2) is 0 Å². The van der Waals surface area contributed by atoms with Crippen molar-refractivity contribution in [2.45, 2.75) is 168 Å². The molecule has 0 aliphatic heterocycles. The number of nitrogens with zero attached hydrogens (tertiary/aromatic N) is 8.